The molecule has 0 fully saturated rings. The lowest BCUT2D eigenvalue weighted by molar-refractivity contribution is 0.0963. The van der Waals surface area contributed by atoms with Gasteiger partial charge in [0.25, 0.3) is 5.91 Å². The Bertz CT molecular complexity index is 334. The Morgan fingerprint density at radius 1 is 1.62 bits per heavy atom. The molecule has 0 saturated heterocycles. The van der Waals surface area contributed by atoms with Gasteiger partial charge in [0, 0.05) is 13.2 Å². The van der Waals surface area contributed by atoms with Crippen LogP contribution < -0.4 is 11.1 Å². The summed E-state index contributed by atoms with van der Waals surface area (Å²) in [5, 5.41) is 2.49. The molecule has 0 atom stereocenters. The summed E-state index contributed by atoms with van der Waals surface area (Å²) >= 11 is 4.71. The number of carbonyl (C=O) groups is 1. The van der Waals surface area contributed by atoms with E-state index in [1.54, 1.807) is 19.2 Å². The van der Waals surface area contributed by atoms with Crippen LogP contribution >= 0.6 is 12.2 Å². The molecule has 0 saturated carbocycles. The van der Waals surface area contributed by atoms with Crippen molar-refractivity contribution in [3.63, 3.8) is 0 Å². The minimum absolute atomic E-state index is 0.179. The molecule has 5 heteroatoms. The molecule has 0 radical (unpaired) electrons. The lowest BCUT2D eigenvalue weighted by Crippen LogP contribution is -2.19. The van der Waals surface area contributed by atoms with Crippen LogP contribution in [0.5, 0.6) is 0 Å². The maximum atomic E-state index is 11.1. The first-order valence-corrected chi connectivity index (χ1v) is 4.04. The van der Waals surface area contributed by atoms with E-state index < -0.39 is 0 Å². The van der Waals surface area contributed by atoms with Crippen LogP contribution in [0.3, 0.4) is 0 Å². The fourth-order valence-corrected chi connectivity index (χ4v) is 0.939. The number of thiocarbonyl (C=S) groups is 1. The summed E-state index contributed by atoms with van der Waals surface area (Å²) in [6.07, 6.45) is 1.44. The van der Waals surface area contributed by atoms with Crippen molar-refractivity contribution in [1.82, 2.24) is 10.3 Å². The largest absolute Gasteiger partial charge is 0.388 e. The van der Waals surface area contributed by atoms with E-state index in [0.29, 0.717) is 11.3 Å². The summed E-state index contributed by atoms with van der Waals surface area (Å²) in [4.78, 5) is 15.2. The van der Waals surface area contributed by atoms with Gasteiger partial charge >= 0.3 is 0 Å². The number of nitrogens with one attached hydrogen (secondary N) is 1. The molecule has 0 spiro atoms. The predicted octanol–water partition coefficient (Wildman–Crippen LogP) is 0.0754. The average molecular weight is 195 g/mol. The Morgan fingerprint density at radius 2 is 2.31 bits per heavy atom. The minimum atomic E-state index is -0.179. The van der Waals surface area contributed by atoms with E-state index in [1.165, 1.54) is 6.20 Å². The molecule has 3 N–H and O–H groups in total. The third kappa shape index (κ3) is 2.22. The molecule has 0 aliphatic heterocycles. The van der Waals surface area contributed by atoms with Gasteiger partial charge in [-0.25, -0.2) is 0 Å². The summed E-state index contributed by atoms with van der Waals surface area (Å²) < 4.78 is 0. The first kappa shape index (κ1) is 9.60. The quantitative estimate of drug-likeness (QED) is 0.655. The lowest BCUT2D eigenvalue weighted by atomic mass is 10.2. The summed E-state index contributed by atoms with van der Waals surface area (Å²) in [6.45, 7) is 0. The Labute approximate surface area is 81.2 Å². The molecule has 0 unspecified atom stereocenters. The summed E-state index contributed by atoms with van der Waals surface area (Å²) in [6, 6.07) is 3.24. The zero-order valence-corrected chi connectivity index (χ0v) is 7.89. The molecule has 1 heterocycles. The van der Waals surface area contributed by atoms with E-state index in [9.17, 15) is 4.79 Å². The van der Waals surface area contributed by atoms with Crippen molar-refractivity contribution in [3.8, 4) is 0 Å². The van der Waals surface area contributed by atoms with E-state index in [1.807, 2.05) is 0 Å². The Balaban J connectivity index is 2.93. The van der Waals surface area contributed by atoms with Crippen molar-refractivity contribution >= 4 is 23.1 Å². The number of rotatable bonds is 2. The topological polar surface area (TPSA) is 68.0 Å². The molecule has 13 heavy (non-hydrogen) atoms. The number of carbonyl (C=O) groups excluding carboxylic acids is 1. The normalized spacial score (nSPS) is 9.31. The van der Waals surface area contributed by atoms with Crippen molar-refractivity contribution in [3.05, 3.63) is 29.6 Å². The van der Waals surface area contributed by atoms with Crippen LogP contribution in [0, 0.1) is 0 Å². The molecule has 0 aliphatic carbocycles. The molecule has 1 aromatic rings. The first-order chi connectivity index (χ1) is 6.15. The number of aromatic nitrogens is 1. The molecule has 4 nitrogen and oxygen atoms in total. The molecule has 0 bridgehead atoms. The van der Waals surface area contributed by atoms with Gasteiger partial charge in [-0.2, -0.15) is 0 Å². The van der Waals surface area contributed by atoms with Gasteiger partial charge in [0.15, 0.2) is 0 Å². The number of hydrogen-bond donors (Lipinski definition) is 2. The standard InChI is InChI=1S/C8H9N3OS/c1-10-8(12)5-2-3-6(7(9)13)11-4-5/h2-4H,1H3,(H2,9,13)(H,10,12). The van der Waals surface area contributed by atoms with Crippen molar-refractivity contribution < 1.29 is 4.79 Å². The molecular formula is C8H9N3OS. The summed E-state index contributed by atoms with van der Waals surface area (Å²) in [5.74, 6) is -0.179. The van der Waals surface area contributed by atoms with Crippen molar-refractivity contribution in [2.24, 2.45) is 5.73 Å². The van der Waals surface area contributed by atoms with E-state index in [4.69, 9.17) is 18.0 Å². The van der Waals surface area contributed by atoms with Gasteiger partial charge in [-0.1, -0.05) is 12.2 Å². The Morgan fingerprint density at radius 3 is 2.69 bits per heavy atom. The van der Waals surface area contributed by atoms with E-state index in [2.05, 4.69) is 10.3 Å². The summed E-state index contributed by atoms with van der Waals surface area (Å²) in [5.41, 5.74) is 6.35. The van der Waals surface area contributed by atoms with Gasteiger partial charge < -0.3 is 11.1 Å². The first-order valence-electron chi connectivity index (χ1n) is 3.63. The fourth-order valence-electron chi connectivity index (χ4n) is 0.818. The van der Waals surface area contributed by atoms with Gasteiger partial charge in [0.2, 0.25) is 0 Å². The zero-order valence-electron chi connectivity index (χ0n) is 7.07. The number of pyridine rings is 1. The Kier molecular flexibility index (Phi) is 2.92. The van der Waals surface area contributed by atoms with Crippen LogP contribution in [0.25, 0.3) is 0 Å². The molecular weight excluding hydrogens is 186 g/mol. The second-order valence-corrected chi connectivity index (χ2v) is 2.82. The van der Waals surface area contributed by atoms with Crippen LogP contribution in [0.4, 0.5) is 0 Å². The maximum Gasteiger partial charge on any atom is 0.252 e. The smallest absolute Gasteiger partial charge is 0.252 e. The van der Waals surface area contributed by atoms with Gasteiger partial charge in [0.05, 0.1) is 11.3 Å². The van der Waals surface area contributed by atoms with Crippen molar-refractivity contribution in [1.29, 1.82) is 0 Å². The van der Waals surface area contributed by atoms with Crippen LogP contribution in [0.1, 0.15) is 16.1 Å². The number of hydrogen-bond acceptors (Lipinski definition) is 3. The van der Waals surface area contributed by atoms with Crippen LogP contribution in [-0.2, 0) is 0 Å². The second-order valence-electron chi connectivity index (χ2n) is 2.38. The van der Waals surface area contributed by atoms with E-state index in [-0.39, 0.29) is 10.9 Å². The third-order valence-corrected chi connectivity index (χ3v) is 1.71. The van der Waals surface area contributed by atoms with Gasteiger partial charge in [0.1, 0.15) is 4.99 Å². The number of nitrogens with two attached hydrogens (primary N) is 1. The van der Waals surface area contributed by atoms with Gasteiger partial charge in [-0.15, -0.1) is 0 Å². The maximum absolute atomic E-state index is 11.1. The molecule has 1 rings (SSSR count). The molecule has 68 valence electrons. The minimum Gasteiger partial charge on any atom is -0.388 e. The number of amides is 1. The zero-order chi connectivity index (χ0) is 9.84. The van der Waals surface area contributed by atoms with Gasteiger partial charge in [-0.3, -0.25) is 9.78 Å². The number of nitrogens with zero attached hydrogens (tertiary/aromatic N) is 1. The Hall–Kier alpha value is -1.49. The van der Waals surface area contributed by atoms with Crippen molar-refractivity contribution in [2.45, 2.75) is 0 Å². The SMILES string of the molecule is CNC(=O)c1ccc(C(N)=S)nc1. The highest BCUT2D eigenvalue weighted by Gasteiger charge is 2.03. The molecule has 0 aliphatic rings. The monoisotopic (exact) mass is 195 g/mol. The predicted molar refractivity (Wildman–Crippen MR) is 53.5 cm³/mol. The van der Waals surface area contributed by atoms with Crippen LogP contribution in [0.2, 0.25) is 0 Å². The van der Waals surface area contributed by atoms with Gasteiger partial charge in [-0.05, 0) is 12.1 Å². The highest BCUT2D eigenvalue weighted by Crippen LogP contribution is 1.99. The fraction of sp³-hybridized carbons (Fsp3) is 0.125. The molecule has 0 aromatic carbocycles. The van der Waals surface area contributed by atoms with Crippen LogP contribution in [0.15, 0.2) is 18.3 Å². The highest BCUT2D eigenvalue weighted by atomic mass is 32.1. The third-order valence-electron chi connectivity index (χ3n) is 1.51. The molecule has 1 amide bonds. The average Bonchev–Trinajstić information content (AvgIpc) is 2.17. The molecule has 1 aromatic heterocycles. The summed E-state index contributed by atoms with van der Waals surface area (Å²) in [7, 11) is 1.56. The van der Waals surface area contributed by atoms with E-state index >= 15 is 0 Å². The lowest BCUT2D eigenvalue weighted by Gasteiger charge is -2.00. The van der Waals surface area contributed by atoms with Crippen LogP contribution in [-0.4, -0.2) is 22.9 Å². The highest BCUT2D eigenvalue weighted by molar-refractivity contribution is 7.80. The second kappa shape index (κ2) is 3.95. The van der Waals surface area contributed by atoms with E-state index in [0.717, 1.165) is 0 Å². The van der Waals surface area contributed by atoms with Crippen molar-refractivity contribution in [2.75, 3.05) is 7.05 Å².